The second kappa shape index (κ2) is 7.53. The molecule has 0 spiro atoms. The summed E-state index contributed by atoms with van der Waals surface area (Å²) in [6, 6.07) is 1.75. The van der Waals surface area contributed by atoms with Crippen molar-refractivity contribution in [3.8, 4) is 0 Å². The molecule has 0 heterocycles. The van der Waals surface area contributed by atoms with E-state index in [9.17, 15) is 17.6 Å². The maximum Gasteiger partial charge on any atom is 0.262 e. The minimum absolute atomic E-state index is 0.126. The van der Waals surface area contributed by atoms with E-state index in [1.54, 1.807) is 6.92 Å². The van der Waals surface area contributed by atoms with Crippen LogP contribution in [0.3, 0.4) is 0 Å². The van der Waals surface area contributed by atoms with Crippen molar-refractivity contribution in [2.24, 2.45) is 0 Å². The lowest BCUT2D eigenvalue weighted by Gasteiger charge is -2.14. The van der Waals surface area contributed by atoms with Crippen molar-refractivity contribution in [3.05, 3.63) is 28.0 Å². The largest absolute Gasteiger partial charge is 0.385 e. The standard InChI is InChI=1S/C12H14BrClFNO4S/c1-7(3-4-20-2)16-12(17)8-5-9(15)11(13)10(6-8)21(14,18)19/h5-7H,3-4H2,1-2H3,(H,16,17). The number of amides is 1. The number of methoxy groups -OCH3 is 1. The lowest BCUT2D eigenvalue weighted by atomic mass is 10.1. The van der Waals surface area contributed by atoms with Gasteiger partial charge in [0.25, 0.3) is 15.0 Å². The highest BCUT2D eigenvalue weighted by atomic mass is 79.9. The highest BCUT2D eigenvalue weighted by molar-refractivity contribution is 9.10. The molecule has 0 bridgehead atoms. The Balaban J connectivity index is 3.04. The smallest absolute Gasteiger partial charge is 0.262 e. The third-order valence-corrected chi connectivity index (χ3v) is 5.07. The van der Waals surface area contributed by atoms with Gasteiger partial charge in [0, 0.05) is 36.0 Å². The maximum atomic E-state index is 13.7. The van der Waals surface area contributed by atoms with Crippen molar-refractivity contribution in [1.82, 2.24) is 5.32 Å². The first kappa shape index (κ1) is 18.3. The second-order valence-electron chi connectivity index (χ2n) is 4.36. The highest BCUT2D eigenvalue weighted by Gasteiger charge is 2.21. The summed E-state index contributed by atoms with van der Waals surface area (Å²) in [5.74, 6) is -1.47. The molecular weight excluding hydrogens is 389 g/mol. The molecule has 0 saturated carbocycles. The summed E-state index contributed by atoms with van der Waals surface area (Å²) in [5.41, 5.74) is -0.126. The van der Waals surface area contributed by atoms with Crippen molar-refractivity contribution in [1.29, 1.82) is 0 Å². The highest BCUT2D eigenvalue weighted by Crippen LogP contribution is 2.29. The summed E-state index contributed by atoms with van der Waals surface area (Å²) in [4.78, 5) is 11.5. The monoisotopic (exact) mass is 401 g/mol. The molecule has 0 aliphatic rings. The first-order valence-electron chi connectivity index (χ1n) is 5.90. The van der Waals surface area contributed by atoms with E-state index in [1.165, 1.54) is 7.11 Å². The van der Waals surface area contributed by atoms with Gasteiger partial charge in [-0.05, 0) is 41.4 Å². The van der Waals surface area contributed by atoms with Gasteiger partial charge in [0.15, 0.2) is 0 Å². The SMILES string of the molecule is COCCC(C)NC(=O)c1cc(F)c(Br)c(S(=O)(=O)Cl)c1. The third kappa shape index (κ3) is 5.21. The number of ether oxygens (including phenoxy) is 1. The van der Waals surface area contributed by atoms with Gasteiger partial charge < -0.3 is 10.1 Å². The van der Waals surface area contributed by atoms with Gasteiger partial charge in [0.2, 0.25) is 0 Å². The molecule has 0 aromatic heterocycles. The van der Waals surface area contributed by atoms with Crippen LogP contribution in [0.1, 0.15) is 23.7 Å². The zero-order chi connectivity index (χ0) is 16.2. The molecule has 118 valence electrons. The van der Waals surface area contributed by atoms with Crippen LogP contribution in [0.2, 0.25) is 0 Å². The van der Waals surface area contributed by atoms with Gasteiger partial charge in [-0.25, -0.2) is 12.8 Å². The molecule has 21 heavy (non-hydrogen) atoms. The number of benzene rings is 1. The molecule has 0 aliphatic carbocycles. The summed E-state index contributed by atoms with van der Waals surface area (Å²) in [7, 11) is 2.58. The predicted octanol–water partition coefficient (Wildman–Crippen LogP) is 2.67. The number of hydrogen-bond acceptors (Lipinski definition) is 4. The van der Waals surface area contributed by atoms with Crippen molar-refractivity contribution in [3.63, 3.8) is 0 Å². The Morgan fingerprint density at radius 1 is 1.52 bits per heavy atom. The van der Waals surface area contributed by atoms with E-state index in [2.05, 4.69) is 21.2 Å². The molecule has 1 aromatic rings. The fourth-order valence-corrected chi connectivity index (χ4v) is 3.64. The fourth-order valence-electron chi connectivity index (χ4n) is 1.55. The summed E-state index contributed by atoms with van der Waals surface area (Å²) >= 11 is 2.80. The average Bonchev–Trinajstić information content (AvgIpc) is 2.37. The quantitative estimate of drug-likeness (QED) is 0.743. The van der Waals surface area contributed by atoms with E-state index in [0.717, 1.165) is 12.1 Å². The van der Waals surface area contributed by atoms with Crippen LogP contribution in [0.4, 0.5) is 4.39 Å². The molecule has 1 rings (SSSR count). The van der Waals surface area contributed by atoms with Gasteiger partial charge in [-0.15, -0.1) is 0 Å². The van der Waals surface area contributed by atoms with Crippen molar-refractivity contribution < 1.29 is 22.3 Å². The fraction of sp³-hybridized carbons (Fsp3) is 0.417. The van der Waals surface area contributed by atoms with Crippen LogP contribution in [0.25, 0.3) is 0 Å². The van der Waals surface area contributed by atoms with Crippen LogP contribution >= 0.6 is 26.6 Å². The molecule has 0 aliphatic heterocycles. The van der Waals surface area contributed by atoms with Gasteiger partial charge in [-0.1, -0.05) is 0 Å². The van der Waals surface area contributed by atoms with Gasteiger partial charge in [0.05, 0.1) is 4.47 Å². The van der Waals surface area contributed by atoms with E-state index >= 15 is 0 Å². The zero-order valence-electron chi connectivity index (χ0n) is 11.3. The zero-order valence-corrected chi connectivity index (χ0v) is 14.5. The van der Waals surface area contributed by atoms with Gasteiger partial charge in [0.1, 0.15) is 10.7 Å². The molecular formula is C12H14BrClFNO4S. The van der Waals surface area contributed by atoms with Crippen LogP contribution in [0.15, 0.2) is 21.5 Å². The van der Waals surface area contributed by atoms with Gasteiger partial charge in [-0.2, -0.15) is 0 Å². The number of nitrogens with one attached hydrogen (secondary N) is 1. The number of halogens is 3. The average molecular weight is 403 g/mol. The topological polar surface area (TPSA) is 72.5 Å². The first-order chi connectivity index (χ1) is 9.66. The van der Waals surface area contributed by atoms with Crippen LogP contribution in [0, 0.1) is 5.82 Å². The van der Waals surface area contributed by atoms with E-state index in [4.69, 9.17) is 15.4 Å². The number of carbonyl (C=O) groups excluding carboxylic acids is 1. The minimum atomic E-state index is -4.17. The molecule has 1 N–H and O–H groups in total. The van der Waals surface area contributed by atoms with E-state index in [1.807, 2.05) is 0 Å². The third-order valence-electron chi connectivity index (χ3n) is 2.65. The number of carbonyl (C=O) groups is 1. The Bertz CT molecular complexity index is 638. The maximum absolute atomic E-state index is 13.7. The molecule has 1 amide bonds. The summed E-state index contributed by atoms with van der Waals surface area (Å²) in [6.45, 7) is 2.21. The minimum Gasteiger partial charge on any atom is -0.385 e. The van der Waals surface area contributed by atoms with Crippen molar-refractivity contribution in [2.45, 2.75) is 24.3 Å². The van der Waals surface area contributed by atoms with E-state index in [0.29, 0.717) is 13.0 Å². The Kier molecular flexibility index (Phi) is 6.58. The summed E-state index contributed by atoms with van der Waals surface area (Å²) < 4.78 is 41.0. The Labute approximate surface area is 135 Å². The van der Waals surface area contributed by atoms with Crippen LogP contribution in [-0.4, -0.2) is 34.1 Å². The molecule has 1 unspecified atom stereocenters. The van der Waals surface area contributed by atoms with Gasteiger partial charge >= 0.3 is 0 Å². The Morgan fingerprint density at radius 2 is 2.14 bits per heavy atom. The van der Waals surface area contributed by atoms with Crippen LogP contribution < -0.4 is 5.32 Å². The molecule has 1 aromatic carbocycles. The van der Waals surface area contributed by atoms with E-state index in [-0.39, 0.29) is 16.1 Å². The van der Waals surface area contributed by atoms with Crippen molar-refractivity contribution in [2.75, 3.05) is 13.7 Å². The molecule has 5 nitrogen and oxygen atoms in total. The van der Waals surface area contributed by atoms with Crippen LogP contribution in [-0.2, 0) is 13.8 Å². The molecule has 0 radical (unpaired) electrons. The van der Waals surface area contributed by atoms with Crippen LogP contribution in [0.5, 0.6) is 0 Å². The normalized spacial score (nSPS) is 13.0. The lowest BCUT2D eigenvalue weighted by molar-refractivity contribution is 0.0929. The lowest BCUT2D eigenvalue weighted by Crippen LogP contribution is -2.33. The molecule has 0 fully saturated rings. The van der Waals surface area contributed by atoms with E-state index < -0.39 is 25.7 Å². The summed E-state index contributed by atoms with van der Waals surface area (Å²) in [6.07, 6.45) is 0.571. The Morgan fingerprint density at radius 3 is 2.67 bits per heavy atom. The summed E-state index contributed by atoms with van der Waals surface area (Å²) in [5, 5.41) is 2.62. The van der Waals surface area contributed by atoms with Gasteiger partial charge in [-0.3, -0.25) is 4.79 Å². The van der Waals surface area contributed by atoms with Crippen molar-refractivity contribution >= 4 is 41.6 Å². The predicted molar refractivity (Wildman–Crippen MR) is 80.6 cm³/mol. The first-order valence-corrected chi connectivity index (χ1v) is 9.00. The molecule has 1 atom stereocenters. The molecule has 0 saturated heterocycles. The molecule has 9 heteroatoms. The Hall–Kier alpha value is -0.700. The second-order valence-corrected chi connectivity index (χ2v) is 7.69. The number of hydrogen-bond donors (Lipinski definition) is 1. The number of rotatable bonds is 6.